The van der Waals surface area contributed by atoms with Gasteiger partial charge in [0.05, 0.1) is 28.1 Å². The van der Waals surface area contributed by atoms with E-state index in [0.717, 1.165) is 47.7 Å². The Balaban J connectivity index is 1.66. The van der Waals surface area contributed by atoms with Crippen LogP contribution in [0.25, 0.3) is 33.4 Å². The lowest BCUT2D eigenvalue weighted by atomic mass is 10.0. The summed E-state index contributed by atoms with van der Waals surface area (Å²) in [5.41, 5.74) is 9.81. The molecule has 8 heteroatoms. The number of aromatic amines is 1. The zero-order valence-electron chi connectivity index (χ0n) is 16.7. The highest BCUT2D eigenvalue weighted by Crippen LogP contribution is 2.35. The van der Waals surface area contributed by atoms with E-state index in [1.807, 2.05) is 36.4 Å². The Morgan fingerprint density at radius 3 is 2.58 bits per heavy atom. The van der Waals surface area contributed by atoms with Crippen molar-refractivity contribution in [1.82, 2.24) is 25.5 Å². The summed E-state index contributed by atoms with van der Waals surface area (Å²) < 4.78 is 0. The number of H-pyrrole nitrogens is 1. The van der Waals surface area contributed by atoms with Crippen LogP contribution in [0, 0.1) is 0 Å². The first-order valence-electron chi connectivity index (χ1n) is 10.3. The summed E-state index contributed by atoms with van der Waals surface area (Å²) in [4.78, 5) is 22.3. The second-order valence-corrected chi connectivity index (χ2v) is 8.18. The third-order valence-corrected chi connectivity index (χ3v) is 5.95. The summed E-state index contributed by atoms with van der Waals surface area (Å²) in [6, 6.07) is 13.5. The van der Waals surface area contributed by atoms with E-state index < -0.39 is 0 Å². The summed E-state index contributed by atoms with van der Waals surface area (Å²) in [6.45, 7) is 0. The van der Waals surface area contributed by atoms with E-state index in [4.69, 9.17) is 22.3 Å². The van der Waals surface area contributed by atoms with Gasteiger partial charge in [-0.25, -0.2) is 9.97 Å². The molecule has 1 aliphatic carbocycles. The molecule has 4 N–H and O–H groups in total. The number of aromatic nitrogens is 4. The van der Waals surface area contributed by atoms with Gasteiger partial charge in [-0.1, -0.05) is 54.8 Å². The fourth-order valence-electron chi connectivity index (χ4n) is 4.09. The van der Waals surface area contributed by atoms with Gasteiger partial charge in [0.15, 0.2) is 11.5 Å². The van der Waals surface area contributed by atoms with Crippen molar-refractivity contribution in [3.8, 4) is 22.5 Å². The van der Waals surface area contributed by atoms with Crippen molar-refractivity contribution in [3.05, 3.63) is 59.4 Å². The number of benzene rings is 2. The SMILES string of the molecule is Nc1nc(-c2ccccc2)c(-c2cc(Cl)c3[nH]ncc3c2)nc1C(=O)NC1CCCC1. The monoisotopic (exact) mass is 432 g/mol. The van der Waals surface area contributed by atoms with Gasteiger partial charge in [-0.15, -0.1) is 0 Å². The first kappa shape index (κ1) is 19.5. The van der Waals surface area contributed by atoms with Crippen LogP contribution in [0.5, 0.6) is 0 Å². The van der Waals surface area contributed by atoms with Crippen LogP contribution in [0.15, 0.2) is 48.7 Å². The third kappa shape index (κ3) is 3.72. The minimum Gasteiger partial charge on any atom is -0.382 e. The Morgan fingerprint density at radius 2 is 1.81 bits per heavy atom. The molecule has 31 heavy (non-hydrogen) atoms. The summed E-state index contributed by atoms with van der Waals surface area (Å²) >= 11 is 6.48. The molecule has 2 heterocycles. The van der Waals surface area contributed by atoms with E-state index in [-0.39, 0.29) is 23.5 Å². The molecular weight excluding hydrogens is 412 g/mol. The molecule has 4 aromatic rings. The quantitative estimate of drug-likeness (QED) is 0.436. The summed E-state index contributed by atoms with van der Waals surface area (Å²) in [5, 5.41) is 11.4. The van der Waals surface area contributed by atoms with Gasteiger partial charge in [0.25, 0.3) is 5.91 Å². The first-order valence-corrected chi connectivity index (χ1v) is 10.6. The van der Waals surface area contributed by atoms with E-state index in [9.17, 15) is 4.79 Å². The van der Waals surface area contributed by atoms with Crippen LogP contribution >= 0.6 is 11.6 Å². The molecule has 5 rings (SSSR count). The summed E-state index contributed by atoms with van der Waals surface area (Å²) in [5.74, 6) is -0.193. The Kier molecular flexibility index (Phi) is 5.03. The Labute approximate surface area is 184 Å². The lowest BCUT2D eigenvalue weighted by Gasteiger charge is -2.15. The third-order valence-electron chi connectivity index (χ3n) is 5.65. The highest BCUT2D eigenvalue weighted by molar-refractivity contribution is 6.35. The molecular formula is C23H21ClN6O. The maximum atomic E-state index is 13.0. The topological polar surface area (TPSA) is 110 Å². The maximum Gasteiger partial charge on any atom is 0.273 e. The molecule has 2 aromatic heterocycles. The van der Waals surface area contributed by atoms with Crippen molar-refractivity contribution in [2.45, 2.75) is 31.7 Å². The number of halogens is 1. The van der Waals surface area contributed by atoms with Gasteiger partial charge in [-0.3, -0.25) is 9.89 Å². The number of nitrogen functional groups attached to an aromatic ring is 1. The van der Waals surface area contributed by atoms with Crippen LogP contribution in [0.4, 0.5) is 5.82 Å². The molecule has 2 aromatic carbocycles. The highest BCUT2D eigenvalue weighted by atomic mass is 35.5. The molecule has 0 spiro atoms. The molecule has 0 aliphatic heterocycles. The van der Waals surface area contributed by atoms with E-state index in [1.54, 1.807) is 12.3 Å². The minimum absolute atomic E-state index is 0.105. The lowest BCUT2D eigenvalue weighted by Crippen LogP contribution is -2.34. The average Bonchev–Trinajstić information content (AvgIpc) is 3.46. The van der Waals surface area contributed by atoms with Crippen molar-refractivity contribution < 1.29 is 4.79 Å². The number of carbonyl (C=O) groups excluding carboxylic acids is 1. The first-order chi connectivity index (χ1) is 15.1. The molecule has 156 valence electrons. The number of nitrogens with two attached hydrogens (primary N) is 1. The number of fused-ring (bicyclic) bond motifs is 1. The molecule has 0 radical (unpaired) electrons. The number of amides is 1. The number of carbonyl (C=O) groups is 1. The van der Waals surface area contributed by atoms with Crippen LogP contribution in [-0.4, -0.2) is 32.1 Å². The molecule has 1 amide bonds. The number of anilines is 1. The van der Waals surface area contributed by atoms with Crippen LogP contribution in [-0.2, 0) is 0 Å². The predicted octanol–water partition coefficient (Wildman–Crippen LogP) is 4.59. The molecule has 0 saturated heterocycles. The zero-order valence-corrected chi connectivity index (χ0v) is 17.5. The molecule has 1 aliphatic rings. The molecule has 7 nitrogen and oxygen atoms in total. The van der Waals surface area contributed by atoms with Gasteiger partial charge in [0.2, 0.25) is 0 Å². The van der Waals surface area contributed by atoms with Crippen molar-refractivity contribution in [2.75, 3.05) is 5.73 Å². The van der Waals surface area contributed by atoms with Crippen LogP contribution < -0.4 is 11.1 Å². The maximum absolute atomic E-state index is 13.0. The second-order valence-electron chi connectivity index (χ2n) is 7.77. The van der Waals surface area contributed by atoms with Crippen molar-refractivity contribution >= 4 is 34.2 Å². The fourth-order valence-corrected chi connectivity index (χ4v) is 4.36. The molecule has 1 saturated carbocycles. The summed E-state index contributed by atoms with van der Waals surface area (Å²) in [6.07, 6.45) is 5.88. The molecule has 1 fully saturated rings. The normalized spacial score (nSPS) is 14.2. The Hall–Kier alpha value is -3.45. The molecule has 0 unspecified atom stereocenters. The van der Waals surface area contributed by atoms with Crippen LogP contribution in [0.3, 0.4) is 0 Å². The number of hydrogen-bond acceptors (Lipinski definition) is 5. The van der Waals surface area contributed by atoms with E-state index in [1.165, 1.54) is 0 Å². The van der Waals surface area contributed by atoms with Gasteiger partial charge in [-0.2, -0.15) is 5.10 Å². The largest absolute Gasteiger partial charge is 0.382 e. The van der Waals surface area contributed by atoms with Gasteiger partial charge >= 0.3 is 0 Å². The van der Waals surface area contributed by atoms with Gasteiger partial charge in [0.1, 0.15) is 0 Å². The highest BCUT2D eigenvalue weighted by Gasteiger charge is 2.24. The number of nitrogens with zero attached hydrogens (tertiary/aromatic N) is 3. The predicted molar refractivity (Wildman–Crippen MR) is 122 cm³/mol. The zero-order chi connectivity index (χ0) is 21.4. The number of hydrogen-bond donors (Lipinski definition) is 3. The number of nitrogens with one attached hydrogen (secondary N) is 2. The summed E-state index contributed by atoms with van der Waals surface area (Å²) in [7, 11) is 0. The van der Waals surface area contributed by atoms with E-state index >= 15 is 0 Å². The lowest BCUT2D eigenvalue weighted by molar-refractivity contribution is 0.0933. The van der Waals surface area contributed by atoms with E-state index in [2.05, 4.69) is 20.5 Å². The fraction of sp³-hybridized carbons (Fsp3) is 0.217. The van der Waals surface area contributed by atoms with Crippen LogP contribution in [0.2, 0.25) is 5.02 Å². The van der Waals surface area contributed by atoms with Crippen molar-refractivity contribution in [1.29, 1.82) is 0 Å². The smallest absolute Gasteiger partial charge is 0.273 e. The standard InChI is InChI=1S/C23H21ClN6O/c24-17-11-14(10-15-12-26-30-18(15)17)20-19(13-6-2-1-3-7-13)29-22(25)21(28-20)23(31)27-16-8-4-5-9-16/h1-3,6-7,10-12,16H,4-5,8-9H2,(H2,25,29)(H,26,30)(H,27,31). The van der Waals surface area contributed by atoms with E-state index in [0.29, 0.717) is 16.4 Å². The Morgan fingerprint density at radius 1 is 1.06 bits per heavy atom. The second kappa shape index (κ2) is 8.00. The number of rotatable bonds is 4. The minimum atomic E-state index is -0.298. The molecule has 0 atom stereocenters. The average molecular weight is 433 g/mol. The van der Waals surface area contributed by atoms with Gasteiger partial charge in [-0.05, 0) is 25.0 Å². The van der Waals surface area contributed by atoms with Gasteiger partial charge in [0, 0.05) is 22.6 Å². The van der Waals surface area contributed by atoms with Gasteiger partial charge < -0.3 is 11.1 Å². The van der Waals surface area contributed by atoms with Crippen molar-refractivity contribution in [2.24, 2.45) is 0 Å². The van der Waals surface area contributed by atoms with Crippen molar-refractivity contribution in [3.63, 3.8) is 0 Å². The molecule has 0 bridgehead atoms. The Bertz CT molecular complexity index is 1260. The van der Waals surface area contributed by atoms with Crippen LogP contribution in [0.1, 0.15) is 36.2 Å².